The Morgan fingerprint density at radius 2 is 1.20 bits per heavy atom. The molecule has 46 heavy (non-hydrogen) atoms. The molecule has 0 unspecified atom stereocenters. The van der Waals surface area contributed by atoms with Gasteiger partial charge >= 0.3 is 0 Å². The molecule has 1 atom stereocenters. The Kier molecular flexibility index (Phi) is 13.3. The Labute approximate surface area is 277 Å². The third-order valence-corrected chi connectivity index (χ3v) is 10.3. The average molecular weight is 622 g/mol. The van der Waals surface area contributed by atoms with E-state index in [1.807, 2.05) is 18.2 Å². The molecule has 5 rings (SSSR count). The molecule has 246 valence electrons. The zero-order valence-electron chi connectivity index (χ0n) is 27.8. The third-order valence-electron chi connectivity index (χ3n) is 10.3. The summed E-state index contributed by atoms with van der Waals surface area (Å²) in [4.78, 5) is 28.7. The number of likely N-dealkylation sites (tertiary alicyclic amines) is 1. The second kappa shape index (κ2) is 18.0. The molecule has 1 aliphatic carbocycles. The van der Waals surface area contributed by atoms with Crippen molar-refractivity contribution in [3.8, 4) is 0 Å². The molecule has 0 aromatic heterocycles. The SMILES string of the molecule is O=C(CCCCCCNC(=O)CC(c1ccccc1)(c1ccccc1)c1ccccc1)NC[C@H]1CCCN(CC2CCCCC2)C1. The van der Waals surface area contributed by atoms with Crippen molar-refractivity contribution in [3.05, 3.63) is 108 Å². The molecule has 0 radical (unpaired) electrons. The smallest absolute Gasteiger partial charge is 0.221 e. The molecule has 0 bridgehead atoms. The van der Waals surface area contributed by atoms with Gasteiger partial charge in [-0.2, -0.15) is 0 Å². The minimum atomic E-state index is -0.577. The van der Waals surface area contributed by atoms with E-state index in [1.54, 1.807) is 0 Å². The maximum Gasteiger partial charge on any atom is 0.221 e. The quantitative estimate of drug-likeness (QED) is 0.126. The van der Waals surface area contributed by atoms with Crippen LogP contribution in [0.5, 0.6) is 0 Å². The summed E-state index contributed by atoms with van der Waals surface area (Å²) >= 11 is 0. The van der Waals surface area contributed by atoms with Crippen LogP contribution in [0.25, 0.3) is 0 Å². The van der Waals surface area contributed by atoms with Gasteiger partial charge < -0.3 is 15.5 Å². The van der Waals surface area contributed by atoms with Crippen molar-refractivity contribution in [2.75, 3.05) is 32.7 Å². The topological polar surface area (TPSA) is 61.4 Å². The van der Waals surface area contributed by atoms with E-state index in [2.05, 4.69) is 88.3 Å². The van der Waals surface area contributed by atoms with Crippen molar-refractivity contribution < 1.29 is 9.59 Å². The van der Waals surface area contributed by atoms with Crippen LogP contribution in [0, 0.1) is 11.8 Å². The van der Waals surface area contributed by atoms with Crippen LogP contribution in [0.4, 0.5) is 0 Å². The zero-order valence-corrected chi connectivity index (χ0v) is 27.8. The van der Waals surface area contributed by atoms with E-state index >= 15 is 0 Å². The van der Waals surface area contributed by atoms with E-state index in [0.29, 0.717) is 25.3 Å². The average Bonchev–Trinajstić information content (AvgIpc) is 3.11. The Morgan fingerprint density at radius 1 is 0.630 bits per heavy atom. The molecule has 1 saturated carbocycles. The highest BCUT2D eigenvalue weighted by molar-refractivity contribution is 5.80. The minimum absolute atomic E-state index is 0.0518. The zero-order chi connectivity index (χ0) is 31.9. The summed E-state index contributed by atoms with van der Waals surface area (Å²) < 4.78 is 0. The summed E-state index contributed by atoms with van der Waals surface area (Å²) in [6.45, 7) is 5.11. The van der Waals surface area contributed by atoms with Gasteiger partial charge in [-0.15, -0.1) is 0 Å². The summed E-state index contributed by atoms with van der Waals surface area (Å²) in [6.07, 6.45) is 14.3. The van der Waals surface area contributed by atoms with E-state index in [-0.39, 0.29) is 11.8 Å². The number of unbranched alkanes of at least 4 members (excludes halogenated alkanes) is 3. The van der Waals surface area contributed by atoms with Gasteiger partial charge in [-0.25, -0.2) is 0 Å². The summed E-state index contributed by atoms with van der Waals surface area (Å²) in [5.41, 5.74) is 2.76. The van der Waals surface area contributed by atoms with Crippen molar-refractivity contribution in [1.82, 2.24) is 15.5 Å². The lowest BCUT2D eigenvalue weighted by Crippen LogP contribution is -2.42. The molecule has 2 aliphatic rings. The lowest BCUT2D eigenvalue weighted by Gasteiger charge is -2.36. The fourth-order valence-electron chi connectivity index (χ4n) is 7.83. The third kappa shape index (κ3) is 9.78. The van der Waals surface area contributed by atoms with Gasteiger partial charge in [-0.1, -0.05) is 123 Å². The number of hydrogen-bond acceptors (Lipinski definition) is 3. The van der Waals surface area contributed by atoms with E-state index in [1.165, 1.54) is 58.0 Å². The molecular formula is C41H55N3O2. The number of amides is 2. The van der Waals surface area contributed by atoms with Crippen molar-refractivity contribution in [1.29, 1.82) is 0 Å². The maximum atomic E-state index is 13.5. The van der Waals surface area contributed by atoms with Gasteiger partial charge in [0, 0.05) is 39.0 Å². The van der Waals surface area contributed by atoms with Gasteiger partial charge in [0.25, 0.3) is 0 Å². The van der Waals surface area contributed by atoms with E-state index in [9.17, 15) is 9.59 Å². The second-order valence-corrected chi connectivity index (χ2v) is 13.8. The summed E-state index contributed by atoms with van der Waals surface area (Å²) in [5, 5.41) is 6.44. The lowest BCUT2D eigenvalue weighted by molar-refractivity contribution is -0.122. The van der Waals surface area contributed by atoms with Gasteiger partial charge in [-0.05, 0) is 73.6 Å². The minimum Gasteiger partial charge on any atom is -0.356 e. The van der Waals surface area contributed by atoms with E-state index < -0.39 is 5.41 Å². The van der Waals surface area contributed by atoms with Crippen molar-refractivity contribution in [3.63, 3.8) is 0 Å². The number of benzene rings is 3. The lowest BCUT2D eigenvalue weighted by atomic mass is 9.67. The van der Waals surface area contributed by atoms with Gasteiger partial charge in [0.1, 0.15) is 0 Å². The molecule has 3 aromatic rings. The van der Waals surface area contributed by atoms with Gasteiger partial charge in [-0.3, -0.25) is 9.59 Å². The molecule has 1 saturated heterocycles. The number of carbonyl (C=O) groups is 2. The largest absolute Gasteiger partial charge is 0.356 e. The predicted octanol–water partition coefficient (Wildman–Crippen LogP) is 7.89. The van der Waals surface area contributed by atoms with Crippen LogP contribution in [-0.4, -0.2) is 49.4 Å². The number of nitrogens with zero attached hydrogens (tertiary/aromatic N) is 1. The number of nitrogens with one attached hydrogen (secondary N) is 2. The first kappa shape index (κ1) is 33.9. The second-order valence-electron chi connectivity index (χ2n) is 13.8. The van der Waals surface area contributed by atoms with Gasteiger partial charge in [0.15, 0.2) is 0 Å². The highest BCUT2D eigenvalue weighted by Gasteiger charge is 2.38. The van der Waals surface area contributed by atoms with Gasteiger partial charge in [0.05, 0.1) is 5.41 Å². The first-order valence-electron chi connectivity index (χ1n) is 18.1. The van der Waals surface area contributed by atoms with Crippen LogP contribution >= 0.6 is 0 Å². The molecule has 2 amide bonds. The Hall–Kier alpha value is -3.44. The number of carbonyl (C=O) groups excluding carboxylic acids is 2. The molecule has 1 heterocycles. The van der Waals surface area contributed by atoms with Crippen LogP contribution in [0.2, 0.25) is 0 Å². The van der Waals surface area contributed by atoms with Crippen molar-refractivity contribution in [2.24, 2.45) is 11.8 Å². The highest BCUT2D eigenvalue weighted by Crippen LogP contribution is 2.42. The molecule has 5 nitrogen and oxygen atoms in total. The number of rotatable bonds is 16. The molecular weight excluding hydrogens is 566 g/mol. The number of piperidine rings is 1. The standard InChI is InChI=1S/C41H55N3O2/c45-39(43-31-35-20-17-29-44(33-35)32-34-18-7-3-8-19-34)27-15-1-2-16-28-42-40(46)30-41(36-21-9-4-10-22-36,37-23-11-5-12-24-37)38-25-13-6-14-26-38/h4-6,9-14,21-26,34-35H,1-3,7-8,15-20,27-33H2,(H,42,46)(H,43,45)/t35-/m1/s1. The number of hydrogen-bond donors (Lipinski definition) is 2. The van der Waals surface area contributed by atoms with Crippen LogP contribution in [0.15, 0.2) is 91.0 Å². The molecule has 0 spiro atoms. The Morgan fingerprint density at radius 3 is 1.80 bits per heavy atom. The maximum absolute atomic E-state index is 13.5. The summed E-state index contributed by atoms with van der Waals surface area (Å²) in [7, 11) is 0. The van der Waals surface area contributed by atoms with Crippen LogP contribution < -0.4 is 10.6 Å². The normalized spacial score (nSPS) is 17.8. The van der Waals surface area contributed by atoms with Crippen LogP contribution in [-0.2, 0) is 15.0 Å². The van der Waals surface area contributed by atoms with Crippen LogP contribution in [0.1, 0.15) is 100 Å². The van der Waals surface area contributed by atoms with E-state index in [4.69, 9.17) is 0 Å². The monoisotopic (exact) mass is 621 g/mol. The molecule has 2 N–H and O–H groups in total. The molecule has 3 aromatic carbocycles. The Bertz CT molecular complexity index is 1210. The van der Waals surface area contributed by atoms with Gasteiger partial charge in [0.2, 0.25) is 11.8 Å². The van der Waals surface area contributed by atoms with Crippen molar-refractivity contribution >= 4 is 11.8 Å². The molecule has 1 aliphatic heterocycles. The molecule has 5 heteroatoms. The molecule has 2 fully saturated rings. The highest BCUT2D eigenvalue weighted by atomic mass is 16.2. The summed E-state index contributed by atoms with van der Waals surface area (Å²) in [5.74, 6) is 1.73. The summed E-state index contributed by atoms with van der Waals surface area (Å²) in [6, 6.07) is 31.2. The first-order chi connectivity index (χ1) is 22.6. The van der Waals surface area contributed by atoms with E-state index in [0.717, 1.165) is 61.4 Å². The Balaban J connectivity index is 1.02. The fourth-order valence-corrected chi connectivity index (χ4v) is 7.83. The van der Waals surface area contributed by atoms with Crippen LogP contribution in [0.3, 0.4) is 0 Å². The predicted molar refractivity (Wildman–Crippen MR) is 189 cm³/mol. The van der Waals surface area contributed by atoms with Crippen molar-refractivity contribution in [2.45, 2.75) is 88.9 Å². The fraction of sp³-hybridized carbons (Fsp3) is 0.512. The first-order valence-corrected chi connectivity index (χ1v) is 18.1.